The van der Waals surface area contributed by atoms with Gasteiger partial charge in [0, 0.05) is 17.7 Å². The van der Waals surface area contributed by atoms with Crippen molar-refractivity contribution in [3.8, 4) is 22.5 Å². The second kappa shape index (κ2) is 14.2. The summed E-state index contributed by atoms with van der Waals surface area (Å²) in [6.45, 7) is 7.12. The van der Waals surface area contributed by atoms with Crippen LogP contribution in [-0.4, -0.2) is 34.7 Å². The monoisotopic (exact) mass is 679 g/mol. The van der Waals surface area contributed by atoms with E-state index in [1.165, 1.54) is 11.1 Å². The minimum atomic E-state index is -0.842. The number of nitrogens with zero attached hydrogens (tertiary/aromatic N) is 7. The lowest BCUT2D eigenvalue weighted by molar-refractivity contribution is 0.396. The van der Waals surface area contributed by atoms with Crippen LogP contribution in [0.25, 0.3) is 33.7 Å². The number of benzene rings is 5. The number of aromatic nitrogens is 7. The van der Waals surface area contributed by atoms with Crippen LogP contribution in [0.3, 0.4) is 0 Å². The molecule has 0 bridgehead atoms. The first-order valence-corrected chi connectivity index (χ1v) is 18.1. The van der Waals surface area contributed by atoms with E-state index in [0.717, 1.165) is 75.3 Å². The number of unbranched alkanes of at least 4 members (excludes halogenated alkanes) is 1. The van der Waals surface area contributed by atoms with Gasteiger partial charge in [-0.2, -0.15) is 0 Å². The van der Waals surface area contributed by atoms with Crippen LogP contribution in [0.15, 0.2) is 146 Å². The lowest BCUT2D eigenvalue weighted by atomic mass is 9.77. The molecular weight excluding hydrogens is 639 g/mol. The van der Waals surface area contributed by atoms with E-state index in [-0.39, 0.29) is 0 Å². The molecule has 0 atom stereocenters. The summed E-state index contributed by atoms with van der Waals surface area (Å²) in [5, 5.41) is 14.7. The fourth-order valence-corrected chi connectivity index (χ4v) is 7.39. The van der Waals surface area contributed by atoms with E-state index in [9.17, 15) is 0 Å². The van der Waals surface area contributed by atoms with Gasteiger partial charge in [-0.15, -0.1) is 15.0 Å². The van der Waals surface area contributed by atoms with E-state index in [4.69, 9.17) is 25.4 Å². The molecule has 7 nitrogen and oxygen atoms in total. The highest BCUT2D eigenvalue weighted by atomic mass is 15.6. The van der Waals surface area contributed by atoms with Crippen LogP contribution in [0, 0.1) is 13.8 Å². The Kier molecular flexibility index (Phi) is 9.00. The molecule has 0 spiro atoms. The van der Waals surface area contributed by atoms with Gasteiger partial charge >= 0.3 is 0 Å². The largest absolute Gasteiger partial charge is 0.308 e. The average Bonchev–Trinajstić information content (AvgIpc) is 3.82. The minimum absolute atomic E-state index is 0.564. The molecule has 0 aliphatic carbocycles. The fraction of sp³-hybridized carbons (Fsp3) is 0.178. The van der Waals surface area contributed by atoms with Crippen LogP contribution in [0.1, 0.15) is 59.1 Å². The summed E-state index contributed by atoms with van der Waals surface area (Å²) in [5.41, 5.74) is 10.7. The van der Waals surface area contributed by atoms with Crippen LogP contribution in [-0.2, 0) is 18.5 Å². The third-order valence-electron chi connectivity index (χ3n) is 9.92. The number of imidazole rings is 1. The van der Waals surface area contributed by atoms with Crippen molar-refractivity contribution in [1.82, 2.24) is 34.7 Å². The van der Waals surface area contributed by atoms with Crippen molar-refractivity contribution in [1.29, 1.82) is 0 Å². The quantitative estimate of drug-likeness (QED) is 0.127. The molecule has 0 saturated heterocycles. The highest BCUT2D eigenvalue weighted by molar-refractivity contribution is 5.80. The third kappa shape index (κ3) is 5.98. The molecule has 256 valence electrons. The maximum Gasteiger partial charge on any atom is 0.205 e. The van der Waals surface area contributed by atoms with Gasteiger partial charge in [0.25, 0.3) is 0 Å². The lowest BCUT2D eigenvalue weighted by Crippen LogP contribution is -2.39. The summed E-state index contributed by atoms with van der Waals surface area (Å²) >= 11 is 0. The van der Waals surface area contributed by atoms with Crippen molar-refractivity contribution in [3.63, 3.8) is 0 Å². The van der Waals surface area contributed by atoms with Gasteiger partial charge in [0.15, 0.2) is 11.2 Å². The first-order valence-electron chi connectivity index (χ1n) is 18.1. The van der Waals surface area contributed by atoms with Crippen molar-refractivity contribution in [2.45, 2.75) is 52.1 Å². The zero-order valence-corrected chi connectivity index (χ0v) is 29.8. The summed E-state index contributed by atoms with van der Waals surface area (Å²) in [6, 6.07) is 50.5. The Bertz CT molecular complexity index is 2330. The van der Waals surface area contributed by atoms with Gasteiger partial charge in [-0.1, -0.05) is 153 Å². The summed E-state index contributed by atoms with van der Waals surface area (Å²) in [5.74, 6) is 1.66. The zero-order chi connectivity index (χ0) is 35.5. The first kappa shape index (κ1) is 33.0. The van der Waals surface area contributed by atoms with E-state index >= 15 is 0 Å². The Balaban J connectivity index is 1.18. The van der Waals surface area contributed by atoms with Gasteiger partial charge in [-0.3, -0.25) is 0 Å². The van der Waals surface area contributed by atoms with Crippen molar-refractivity contribution < 1.29 is 0 Å². The first-order chi connectivity index (χ1) is 25.6. The maximum atomic E-state index is 5.19. The molecule has 0 saturated carbocycles. The van der Waals surface area contributed by atoms with Gasteiger partial charge in [0.2, 0.25) is 5.82 Å². The number of hydrogen-bond donors (Lipinski definition) is 0. The second-order valence-corrected chi connectivity index (χ2v) is 13.4. The third-order valence-corrected chi connectivity index (χ3v) is 9.92. The van der Waals surface area contributed by atoms with Crippen LogP contribution >= 0.6 is 0 Å². The standard InChI is InChI=1S/C45H41N7/c1-4-5-25-41-47-42-32(2)30-33(3)46-44(42)51(41)31-34-26-28-35(29-27-34)39-23-15-16-24-40(39)43-48-50-52(49-43)45(36-17-9-6-10-18-36,37-19-11-7-12-20-37)38-21-13-8-14-22-38/h6-24,26-30H,4-5,25,31H2,1-3H3. The number of pyridine rings is 1. The van der Waals surface area contributed by atoms with Crippen molar-refractivity contribution >= 4 is 11.2 Å². The van der Waals surface area contributed by atoms with Gasteiger partial charge < -0.3 is 4.57 Å². The van der Waals surface area contributed by atoms with E-state index in [2.05, 4.69) is 147 Å². The van der Waals surface area contributed by atoms with Crippen LogP contribution in [0.4, 0.5) is 0 Å². The molecule has 0 radical (unpaired) electrons. The number of aryl methyl sites for hydroxylation is 3. The van der Waals surface area contributed by atoms with Crippen molar-refractivity contribution in [2.24, 2.45) is 0 Å². The molecule has 0 aliphatic rings. The normalized spacial score (nSPS) is 11.7. The molecule has 8 rings (SSSR count). The van der Waals surface area contributed by atoms with Gasteiger partial charge in [0.05, 0.1) is 6.54 Å². The van der Waals surface area contributed by atoms with E-state index < -0.39 is 5.54 Å². The number of hydrogen-bond acceptors (Lipinski definition) is 5. The molecule has 0 amide bonds. The fourth-order valence-electron chi connectivity index (χ4n) is 7.39. The summed E-state index contributed by atoms with van der Waals surface area (Å²) in [6.07, 6.45) is 3.15. The molecule has 3 heterocycles. The molecule has 52 heavy (non-hydrogen) atoms. The number of fused-ring (bicyclic) bond motifs is 1. The van der Waals surface area contributed by atoms with E-state index in [0.29, 0.717) is 12.4 Å². The van der Waals surface area contributed by atoms with E-state index in [1.807, 2.05) is 24.3 Å². The molecule has 0 fully saturated rings. The van der Waals surface area contributed by atoms with Crippen LogP contribution in [0.5, 0.6) is 0 Å². The Labute approximate surface area is 304 Å². The Hall–Kier alpha value is -6.21. The number of tetrazole rings is 1. The van der Waals surface area contributed by atoms with Crippen molar-refractivity contribution in [2.75, 3.05) is 0 Å². The molecular formula is C45H41N7. The molecule has 0 unspecified atom stereocenters. The molecule has 0 N–H and O–H groups in total. The highest BCUT2D eigenvalue weighted by Crippen LogP contribution is 2.40. The molecule has 0 aliphatic heterocycles. The Morgan fingerprint density at radius 3 is 1.81 bits per heavy atom. The van der Waals surface area contributed by atoms with Crippen LogP contribution in [0.2, 0.25) is 0 Å². The topological polar surface area (TPSA) is 74.3 Å². The predicted octanol–water partition coefficient (Wildman–Crippen LogP) is 9.60. The average molecular weight is 680 g/mol. The lowest BCUT2D eigenvalue weighted by Gasteiger charge is -2.34. The van der Waals surface area contributed by atoms with E-state index in [1.54, 1.807) is 4.80 Å². The van der Waals surface area contributed by atoms with Crippen molar-refractivity contribution in [3.05, 3.63) is 185 Å². The second-order valence-electron chi connectivity index (χ2n) is 13.4. The molecule has 8 aromatic rings. The maximum absolute atomic E-state index is 5.19. The summed E-state index contributed by atoms with van der Waals surface area (Å²) < 4.78 is 2.30. The Morgan fingerprint density at radius 1 is 0.635 bits per heavy atom. The minimum Gasteiger partial charge on any atom is -0.308 e. The number of rotatable bonds is 11. The molecule has 5 aromatic carbocycles. The predicted molar refractivity (Wildman–Crippen MR) is 208 cm³/mol. The molecule has 3 aromatic heterocycles. The summed E-state index contributed by atoms with van der Waals surface area (Å²) in [4.78, 5) is 11.8. The highest BCUT2D eigenvalue weighted by Gasteiger charge is 2.41. The zero-order valence-electron chi connectivity index (χ0n) is 29.8. The van der Waals surface area contributed by atoms with Gasteiger partial charge in [-0.25, -0.2) is 9.97 Å². The smallest absolute Gasteiger partial charge is 0.205 e. The van der Waals surface area contributed by atoms with Gasteiger partial charge in [0.1, 0.15) is 11.3 Å². The van der Waals surface area contributed by atoms with Gasteiger partial charge in [-0.05, 0) is 70.5 Å². The SMILES string of the molecule is CCCCc1nc2c(C)cc(C)nc2n1Cc1ccc(-c2ccccc2-c2nnn(C(c3ccccc3)(c3ccccc3)c3ccccc3)n2)cc1. The molecule has 7 heteroatoms. The summed E-state index contributed by atoms with van der Waals surface area (Å²) in [7, 11) is 0. The Morgan fingerprint density at radius 2 is 1.21 bits per heavy atom. The van der Waals surface area contributed by atoms with Crippen LogP contribution < -0.4 is 0 Å².